The van der Waals surface area contributed by atoms with Crippen LogP contribution in [0.25, 0.3) is 10.8 Å². The molecule has 0 fully saturated rings. The smallest absolute Gasteiger partial charge is 0.308 e. The van der Waals surface area contributed by atoms with Crippen LogP contribution in [0.5, 0.6) is 11.5 Å². The van der Waals surface area contributed by atoms with Crippen LogP contribution >= 0.6 is 0 Å². The maximum atomic E-state index is 13.3. The van der Waals surface area contributed by atoms with Crippen LogP contribution in [-0.4, -0.2) is 23.5 Å². The molecule has 1 atom stereocenters. The fraction of sp³-hybridized carbons (Fsp3) is 0.250. The molecule has 0 N–H and O–H groups in total. The molecular formula is C24H18O7. The molecule has 1 unspecified atom stereocenters. The highest BCUT2D eigenvalue weighted by Crippen LogP contribution is 2.51. The molecule has 7 nitrogen and oxygen atoms in total. The molecule has 2 aliphatic carbocycles. The minimum atomic E-state index is -0.617. The SMILES string of the molecule is CC(=O)Oc1ccc(OC(C)=O)c2cc3c(cc12)C(=O)c1occ2c1C3(C)CCC2=O. The topological polar surface area (TPSA) is 99.9 Å². The van der Waals surface area contributed by atoms with Crippen molar-refractivity contribution in [2.45, 2.75) is 39.0 Å². The van der Waals surface area contributed by atoms with Gasteiger partial charge in [0.1, 0.15) is 17.8 Å². The molecule has 2 aromatic carbocycles. The Labute approximate surface area is 176 Å². The lowest BCUT2D eigenvalue weighted by Gasteiger charge is -2.38. The number of benzene rings is 2. The first-order valence-corrected chi connectivity index (χ1v) is 9.88. The van der Waals surface area contributed by atoms with Crippen LogP contribution in [0.15, 0.2) is 34.9 Å². The highest BCUT2D eigenvalue weighted by Gasteiger charge is 2.48. The van der Waals surface area contributed by atoms with E-state index in [4.69, 9.17) is 13.9 Å². The summed E-state index contributed by atoms with van der Waals surface area (Å²) in [6.45, 7) is 4.56. The van der Waals surface area contributed by atoms with E-state index >= 15 is 0 Å². The number of Topliss-reactive ketones (excluding diaryl/α,β-unsaturated/α-hetero) is 1. The Morgan fingerprint density at radius 3 is 2.19 bits per heavy atom. The number of hydrogen-bond acceptors (Lipinski definition) is 7. The first-order chi connectivity index (χ1) is 14.7. The summed E-state index contributed by atoms with van der Waals surface area (Å²) < 4.78 is 16.3. The molecule has 2 aliphatic rings. The summed E-state index contributed by atoms with van der Waals surface area (Å²) in [5.41, 5.74) is 1.57. The Morgan fingerprint density at radius 2 is 1.58 bits per heavy atom. The number of furan rings is 1. The van der Waals surface area contributed by atoms with Gasteiger partial charge in [-0.3, -0.25) is 19.2 Å². The third-order valence-electron chi connectivity index (χ3n) is 6.12. The molecule has 0 amide bonds. The van der Waals surface area contributed by atoms with E-state index in [0.29, 0.717) is 46.1 Å². The monoisotopic (exact) mass is 418 g/mol. The van der Waals surface area contributed by atoms with Crippen LogP contribution in [0.3, 0.4) is 0 Å². The van der Waals surface area contributed by atoms with Crippen LogP contribution in [0.2, 0.25) is 0 Å². The number of hydrogen-bond donors (Lipinski definition) is 0. The number of ether oxygens (including phenoxy) is 2. The van der Waals surface area contributed by atoms with E-state index in [1.54, 1.807) is 18.2 Å². The second-order valence-corrected chi connectivity index (χ2v) is 8.13. The Bertz CT molecular complexity index is 1340. The van der Waals surface area contributed by atoms with Crippen LogP contribution in [0.4, 0.5) is 0 Å². The molecule has 0 saturated heterocycles. The van der Waals surface area contributed by atoms with Crippen LogP contribution in [-0.2, 0) is 15.0 Å². The molecule has 0 aliphatic heterocycles. The maximum Gasteiger partial charge on any atom is 0.308 e. The molecule has 1 heterocycles. The molecular weight excluding hydrogens is 400 g/mol. The number of carbonyl (C=O) groups is 4. The lowest BCUT2D eigenvalue weighted by atomic mass is 9.62. The average molecular weight is 418 g/mol. The minimum absolute atomic E-state index is 0.0442. The lowest BCUT2D eigenvalue weighted by Crippen LogP contribution is -2.37. The molecule has 5 rings (SSSR count). The number of fused-ring (bicyclic) bond motifs is 3. The van der Waals surface area contributed by atoms with Crippen LogP contribution in [0, 0.1) is 0 Å². The van der Waals surface area contributed by atoms with Gasteiger partial charge in [0, 0.05) is 47.6 Å². The predicted octanol–water partition coefficient (Wildman–Crippen LogP) is 4.11. The van der Waals surface area contributed by atoms with Gasteiger partial charge >= 0.3 is 11.9 Å². The summed E-state index contributed by atoms with van der Waals surface area (Å²) in [5.74, 6) is -0.673. The van der Waals surface area contributed by atoms with E-state index in [1.807, 2.05) is 6.92 Å². The van der Waals surface area contributed by atoms with Crippen molar-refractivity contribution in [1.82, 2.24) is 0 Å². The molecule has 1 aromatic heterocycles. The van der Waals surface area contributed by atoms with Crippen molar-refractivity contribution in [3.05, 3.63) is 58.5 Å². The fourth-order valence-corrected chi connectivity index (χ4v) is 4.76. The Balaban J connectivity index is 1.84. The van der Waals surface area contributed by atoms with Crippen LogP contribution in [0.1, 0.15) is 71.2 Å². The molecule has 31 heavy (non-hydrogen) atoms. The summed E-state index contributed by atoms with van der Waals surface area (Å²) in [4.78, 5) is 49.0. The van der Waals surface area contributed by atoms with Crippen molar-refractivity contribution in [2.24, 2.45) is 0 Å². The van der Waals surface area contributed by atoms with Gasteiger partial charge in [-0.2, -0.15) is 0 Å². The number of carbonyl (C=O) groups excluding carboxylic acids is 4. The standard InChI is InChI=1S/C24H18O7/c1-11(25)30-19-4-5-20(31-12(2)26)14-9-17-15(8-13(14)19)22(28)23-21-16(10-29-23)18(27)6-7-24(17,21)3/h4-5,8-10H,6-7H2,1-3H3. The third kappa shape index (κ3) is 2.66. The van der Waals surface area contributed by atoms with Crippen molar-refractivity contribution in [1.29, 1.82) is 0 Å². The summed E-state index contributed by atoms with van der Waals surface area (Å²) in [7, 11) is 0. The van der Waals surface area contributed by atoms with Crippen molar-refractivity contribution >= 4 is 34.3 Å². The molecule has 7 heteroatoms. The van der Waals surface area contributed by atoms with Gasteiger partial charge in [0.15, 0.2) is 11.5 Å². The Kier molecular flexibility index (Phi) is 3.96. The van der Waals surface area contributed by atoms with Gasteiger partial charge in [-0.25, -0.2) is 0 Å². The van der Waals surface area contributed by atoms with E-state index in [9.17, 15) is 19.2 Å². The van der Waals surface area contributed by atoms with Gasteiger partial charge in [0.2, 0.25) is 5.78 Å². The third-order valence-corrected chi connectivity index (χ3v) is 6.12. The highest BCUT2D eigenvalue weighted by atomic mass is 16.5. The predicted molar refractivity (Wildman–Crippen MR) is 109 cm³/mol. The Morgan fingerprint density at radius 1 is 0.968 bits per heavy atom. The second-order valence-electron chi connectivity index (χ2n) is 8.13. The molecule has 3 aromatic rings. The summed E-state index contributed by atoms with van der Waals surface area (Å²) in [6, 6.07) is 6.52. The first-order valence-electron chi connectivity index (χ1n) is 9.88. The van der Waals surface area contributed by atoms with Gasteiger partial charge < -0.3 is 13.9 Å². The zero-order valence-corrected chi connectivity index (χ0v) is 17.2. The molecule has 0 spiro atoms. The molecule has 0 radical (unpaired) electrons. The van der Waals surface area contributed by atoms with Gasteiger partial charge in [-0.1, -0.05) is 6.92 Å². The minimum Gasteiger partial charge on any atom is -0.460 e. The zero-order valence-electron chi connectivity index (χ0n) is 17.2. The van der Waals surface area contributed by atoms with Crippen molar-refractivity contribution in [3.8, 4) is 11.5 Å². The highest BCUT2D eigenvalue weighted by molar-refractivity contribution is 6.16. The van der Waals surface area contributed by atoms with E-state index in [2.05, 4.69) is 0 Å². The first kappa shape index (κ1) is 19.2. The Hall–Kier alpha value is -3.74. The van der Waals surface area contributed by atoms with E-state index in [1.165, 1.54) is 26.2 Å². The van der Waals surface area contributed by atoms with Crippen molar-refractivity contribution < 1.29 is 33.1 Å². The van der Waals surface area contributed by atoms with Crippen molar-refractivity contribution in [2.75, 3.05) is 0 Å². The van der Waals surface area contributed by atoms with Crippen LogP contribution < -0.4 is 9.47 Å². The lowest BCUT2D eigenvalue weighted by molar-refractivity contribution is -0.132. The largest absolute Gasteiger partial charge is 0.460 e. The van der Waals surface area contributed by atoms with E-state index in [0.717, 1.165) is 5.56 Å². The maximum absolute atomic E-state index is 13.3. The number of rotatable bonds is 2. The summed E-state index contributed by atoms with van der Waals surface area (Å²) in [6.07, 6.45) is 2.21. The normalized spacial score (nSPS) is 19.1. The van der Waals surface area contributed by atoms with Gasteiger partial charge in [-0.15, -0.1) is 0 Å². The second kappa shape index (κ2) is 6.38. The van der Waals surface area contributed by atoms with Gasteiger partial charge in [0.25, 0.3) is 0 Å². The fourth-order valence-electron chi connectivity index (χ4n) is 4.76. The van der Waals surface area contributed by atoms with Gasteiger partial charge in [-0.05, 0) is 36.2 Å². The summed E-state index contributed by atoms with van der Waals surface area (Å²) in [5, 5.41) is 0.999. The quantitative estimate of drug-likeness (QED) is 0.456. The van der Waals surface area contributed by atoms with E-state index < -0.39 is 17.4 Å². The number of esters is 2. The molecule has 156 valence electrons. The average Bonchev–Trinajstić information content (AvgIpc) is 3.17. The molecule has 0 bridgehead atoms. The summed E-state index contributed by atoms with van der Waals surface area (Å²) >= 11 is 0. The van der Waals surface area contributed by atoms with Crippen molar-refractivity contribution in [3.63, 3.8) is 0 Å². The zero-order chi connectivity index (χ0) is 22.1. The molecule has 0 saturated carbocycles. The number of ketones is 2. The van der Waals surface area contributed by atoms with Gasteiger partial charge in [0.05, 0.1) is 5.56 Å². The van der Waals surface area contributed by atoms with E-state index in [-0.39, 0.29) is 23.1 Å².